The van der Waals surface area contributed by atoms with E-state index in [9.17, 15) is 0 Å². The van der Waals surface area contributed by atoms with Crippen LogP contribution in [0.25, 0.3) is 0 Å². The van der Waals surface area contributed by atoms with Crippen LogP contribution in [0.4, 0.5) is 5.69 Å². The average Bonchev–Trinajstić information content (AvgIpc) is 2.64. The third-order valence-corrected chi connectivity index (χ3v) is 2.99. The van der Waals surface area contributed by atoms with Gasteiger partial charge in [0.05, 0.1) is 0 Å². The molecule has 0 bridgehead atoms. The van der Waals surface area contributed by atoms with Crippen molar-refractivity contribution >= 4 is 5.69 Å². The van der Waals surface area contributed by atoms with Gasteiger partial charge in [0.1, 0.15) is 0 Å². The molecule has 0 aromatic heterocycles. The molecule has 1 aliphatic rings. The molecule has 0 saturated carbocycles. The lowest BCUT2D eigenvalue weighted by atomic mass is 10.1. The summed E-state index contributed by atoms with van der Waals surface area (Å²) in [5.41, 5.74) is 9.91. The lowest BCUT2D eigenvalue weighted by Crippen LogP contribution is -2.24. The zero-order valence-electron chi connectivity index (χ0n) is 8.79. The Hall–Kier alpha value is -1.02. The Balaban J connectivity index is 2.19. The van der Waals surface area contributed by atoms with Crippen LogP contribution in [0.1, 0.15) is 17.5 Å². The molecule has 2 rings (SSSR count). The molecular formula is C12H18N2. The van der Waals surface area contributed by atoms with Crippen molar-refractivity contribution < 1.29 is 0 Å². The first-order valence-electron chi connectivity index (χ1n) is 5.34. The summed E-state index contributed by atoms with van der Waals surface area (Å²) in [5.74, 6) is 0. The number of aryl methyl sites for hydroxylation is 2. The number of hydrogen-bond acceptors (Lipinski definition) is 2. The Bertz CT molecular complexity index is 320. The van der Waals surface area contributed by atoms with Crippen LogP contribution in [0.3, 0.4) is 0 Å². The van der Waals surface area contributed by atoms with Crippen LogP contribution >= 0.6 is 0 Å². The molecular weight excluding hydrogens is 172 g/mol. The summed E-state index contributed by atoms with van der Waals surface area (Å²) < 4.78 is 0. The molecule has 0 spiro atoms. The van der Waals surface area contributed by atoms with Crippen LogP contribution in [0, 0.1) is 0 Å². The molecule has 2 N–H and O–H groups in total. The molecule has 0 aliphatic heterocycles. The van der Waals surface area contributed by atoms with Gasteiger partial charge in [-0.2, -0.15) is 0 Å². The third-order valence-electron chi connectivity index (χ3n) is 2.99. The highest BCUT2D eigenvalue weighted by atomic mass is 15.1. The van der Waals surface area contributed by atoms with E-state index in [0.29, 0.717) is 6.54 Å². The van der Waals surface area contributed by atoms with Gasteiger partial charge in [-0.1, -0.05) is 6.07 Å². The minimum atomic E-state index is 0.716. The number of fused-ring (bicyclic) bond motifs is 1. The second kappa shape index (κ2) is 4.01. The monoisotopic (exact) mass is 190 g/mol. The Kier molecular flexibility index (Phi) is 2.73. The number of nitrogens with two attached hydrogens (primary N) is 1. The normalized spacial score (nSPS) is 14.1. The molecule has 1 aliphatic carbocycles. The van der Waals surface area contributed by atoms with Gasteiger partial charge in [0.2, 0.25) is 0 Å². The van der Waals surface area contributed by atoms with Crippen LogP contribution in [-0.2, 0) is 12.8 Å². The van der Waals surface area contributed by atoms with Gasteiger partial charge >= 0.3 is 0 Å². The highest BCUT2D eigenvalue weighted by molar-refractivity contribution is 5.51. The predicted octanol–water partition coefficient (Wildman–Crippen LogP) is 1.57. The predicted molar refractivity (Wildman–Crippen MR) is 60.8 cm³/mol. The maximum Gasteiger partial charge on any atom is 0.0366 e. The van der Waals surface area contributed by atoms with Crippen molar-refractivity contribution in [3.8, 4) is 0 Å². The highest BCUT2D eigenvalue weighted by Gasteiger charge is 2.11. The maximum absolute atomic E-state index is 5.54. The van der Waals surface area contributed by atoms with E-state index in [0.717, 1.165) is 6.54 Å². The van der Waals surface area contributed by atoms with Gasteiger partial charge in [-0.05, 0) is 42.5 Å². The zero-order chi connectivity index (χ0) is 9.97. The lowest BCUT2D eigenvalue weighted by molar-refractivity contribution is 0.884. The van der Waals surface area contributed by atoms with Crippen LogP contribution < -0.4 is 10.6 Å². The van der Waals surface area contributed by atoms with E-state index in [1.54, 1.807) is 0 Å². The van der Waals surface area contributed by atoms with Gasteiger partial charge < -0.3 is 10.6 Å². The van der Waals surface area contributed by atoms with Crippen molar-refractivity contribution in [2.45, 2.75) is 19.3 Å². The summed E-state index contributed by atoms with van der Waals surface area (Å²) >= 11 is 0. The van der Waals surface area contributed by atoms with Gasteiger partial charge in [-0.25, -0.2) is 0 Å². The molecule has 0 unspecified atom stereocenters. The summed E-state index contributed by atoms with van der Waals surface area (Å²) in [6.07, 6.45) is 3.83. The summed E-state index contributed by atoms with van der Waals surface area (Å²) in [7, 11) is 2.10. The molecule has 1 aromatic carbocycles. The Morgan fingerprint density at radius 3 is 2.86 bits per heavy atom. The molecule has 0 heterocycles. The molecule has 1 aromatic rings. The zero-order valence-corrected chi connectivity index (χ0v) is 8.79. The molecule has 2 heteroatoms. The van der Waals surface area contributed by atoms with E-state index in [2.05, 4.69) is 30.1 Å². The van der Waals surface area contributed by atoms with Crippen molar-refractivity contribution in [2.24, 2.45) is 5.73 Å². The summed E-state index contributed by atoms with van der Waals surface area (Å²) in [4.78, 5) is 2.22. The Morgan fingerprint density at radius 1 is 1.29 bits per heavy atom. The van der Waals surface area contributed by atoms with Gasteiger partial charge in [-0.3, -0.25) is 0 Å². The fraction of sp³-hybridized carbons (Fsp3) is 0.500. The van der Waals surface area contributed by atoms with Crippen LogP contribution in [0.5, 0.6) is 0 Å². The van der Waals surface area contributed by atoms with Crippen molar-refractivity contribution in [3.05, 3.63) is 29.3 Å². The van der Waals surface area contributed by atoms with Gasteiger partial charge in [0.15, 0.2) is 0 Å². The van der Waals surface area contributed by atoms with Crippen LogP contribution in [0.15, 0.2) is 18.2 Å². The topological polar surface area (TPSA) is 29.3 Å². The number of benzene rings is 1. The maximum atomic E-state index is 5.54. The van der Waals surface area contributed by atoms with E-state index in [1.165, 1.54) is 36.1 Å². The van der Waals surface area contributed by atoms with Gasteiger partial charge in [0.25, 0.3) is 0 Å². The third kappa shape index (κ3) is 1.75. The average molecular weight is 190 g/mol. The van der Waals surface area contributed by atoms with E-state index >= 15 is 0 Å². The Labute approximate surface area is 85.7 Å². The van der Waals surface area contributed by atoms with Crippen molar-refractivity contribution in [3.63, 3.8) is 0 Å². The smallest absolute Gasteiger partial charge is 0.0366 e. The molecule has 0 saturated heterocycles. The first-order valence-corrected chi connectivity index (χ1v) is 5.34. The molecule has 0 atom stereocenters. The molecule has 14 heavy (non-hydrogen) atoms. The van der Waals surface area contributed by atoms with Crippen molar-refractivity contribution in [1.29, 1.82) is 0 Å². The minimum Gasteiger partial charge on any atom is -0.373 e. The number of likely N-dealkylation sites (N-methyl/N-ethyl adjacent to an activating group) is 1. The van der Waals surface area contributed by atoms with Crippen molar-refractivity contribution in [2.75, 3.05) is 25.0 Å². The van der Waals surface area contributed by atoms with Crippen molar-refractivity contribution in [1.82, 2.24) is 0 Å². The lowest BCUT2D eigenvalue weighted by Gasteiger charge is -2.19. The van der Waals surface area contributed by atoms with Crippen LogP contribution in [-0.4, -0.2) is 20.1 Å². The quantitative estimate of drug-likeness (QED) is 0.784. The largest absolute Gasteiger partial charge is 0.373 e. The second-order valence-electron chi connectivity index (χ2n) is 4.02. The Morgan fingerprint density at radius 2 is 2.07 bits per heavy atom. The summed E-state index contributed by atoms with van der Waals surface area (Å²) in [5, 5.41) is 0. The highest BCUT2D eigenvalue weighted by Crippen LogP contribution is 2.26. The summed E-state index contributed by atoms with van der Waals surface area (Å²) in [6, 6.07) is 6.79. The minimum absolute atomic E-state index is 0.716. The van der Waals surface area contributed by atoms with E-state index in [-0.39, 0.29) is 0 Å². The van der Waals surface area contributed by atoms with Gasteiger partial charge in [-0.15, -0.1) is 0 Å². The fourth-order valence-electron chi connectivity index (χ4n) is 2.12. The number of hydrogen-bond donors (Lipinski definition) is 1. The number of nitrogens with zero attached hydrogens (tertiary/aromatic N) is 1. The number of anilines is 1. The van der Waals surface area contributed by atoms with Gasteiger partial charge in [0, 0.05) is 25.8 Å². The second-order valence-corrected chi connectivity index (χ2v) is 4.02. The first kappa shape index (κ1) is 9.53. The first-order chi connectivity index (χ1) is 6.81. The summed E-state index contributed by atoms with van der Waals surface area (Å²) in [6.45, 7) is 1.65. The fourth-order valence-corrected chi connectivity index (χ4v) is 2.12. The molecule has 0 fully saturated rings. The standard InChI is InChI=1S/C12H18N2/c1-14(8-7-13)12-6-5-10-3-2-4-11(10)9-12/h5-6,9H,2-4,7-8,13H2,1H3. The number of rotatable bonds is 3. The van der Waals surface area contributed by atoms with E-state index in [1.807, 2.05) is 0 Å². The SMILES string of the molecule is CN(CCN)c1ccc2c(c1)CCC2. The molecule has 76 valence electrons. The molecule has 0 amide bonds. The molecule has 0 radical (unpaired) electrons. The van der Waals surface area contributed by atoms with E-state index < -0.39 is 0 Å². The van der Waals surface area contributed by atoms with Crippen LogP contribution in [0.2, 0.25) is 0 Å². The molecule has 2 nitrogen and oxygen atoms in total. The van der Waals surface area contributed by atoms with E-state index in [4.69, 9.17) is 5.73 Å².